The lowest BCUT2D eigenvalue weighted by Gasteiger charge is -2.06. The zero-order chi connectivity index (χ0) is 7.72. The van der Waals surface area contributed by atoms with Crippen molar-refractivity contribution in [3.05, 3.63) is 15.5 Å². The molecule has 1 heterocycles. The fraction of sp³-hybridized carbons (Fsp3) is 0.571. The van der Waals surface area contributed by atoms with E-state index in [0.717, 1.165) is 3.70 Å². The molecule has 0 saturated carbocycles. The molecule has 3 heteroatoms. The highest BCUT2D eigenvalue weighted by Crippen LogP contribution is 2.10. The maximum absolute atomic E-state index is 4.31. The van der Waals surface area contributed by atoms with Gasteiger partial charge in [-0.2, -0.15) is 5.10 Å². The molecule has 1 rings (SSSR count). The molecule has 0 bridgehead atoms. The maximum atomic E-state index is 4.31. The molecule has 0 radical (unpaired) electrons. The van der Waals surface area contributed by atoms with E-state index in [9.17, 15) is 0 Å². The summed E-state index contributed by atoms with van der Waals surface area (Å²) < 4.78 is 3.10. The summed E-state index contributed by atoms with van der Waals surface area (Å²) in [7, 11) is 0. The predicted octanol–water partition coefficient (Wildman–Crippen LogP) is 2.38. The minimum Gasteiger partial charge on any atom is -0.266 e. The molecule has 1 aromatic rings. The first-order chi connectivity index (χ1) is 4.61. The van der Waals surface area contributed by atoms with Gasteiger partial charge in [0.25, 0.3) is 0 Å². The number of halogens is 1. The van der Waals surface area contributed by atoms with Crippen LogP contribution in [0.4, 0.5) is 0 Å². The van der Waals surface area contributed by atoms with Crippen LogP contribution < -0.4 is 0 Å². The number of hydrogen-bond acceptors (Lipinski definition) is 1. The summed E-state index contributed by atoms with van der Waals surface area (Å²) in [6.45, 7) is 6.35. The van der Waals surface area contributed by atoms with Crippen LogP contribution in [-0.2, 0) is 0 Å². The molecule has 10 heavy (non-hydrogen) atoms. The van der Waals surface area contributed by atoms with Crippen molar-refractivity contribution in [2.24, 2.45) is 0 Å². The fourth-order valence-electron chi connectivity index (χ4n) is 0.972. The van der Waals surface area contributed by atoms with Crippen molar-refractivity contribution in [2.75, 3.05) is 0 Å². The molecule has 0 aliphatic rings. The lowest BCUT2D eigenvalue weighted by Crippen LogP contribution is -2.04. The highest BCUT2D eigenvalue weighted by Gasteiger charge is 2.03. The molecule has 0 aromatic carbocycles. The quantitative estimate of drug-likeness (QED) is 0.699. The normalized spacial score (nSPS) is 10.9. The monoisotopic (exact) mass is 250 g/mol. The Bertz CT molecular complexity index is 228. The lowest BCUT2D eigenvalue weighted by molar-refractivity contribution is 0.516. The first kappa shape index (κ1) is 8.04. The van der Waals surface area contributed by atoms with Gasteiger partial charge in [-0.05, 0) is 49.4 Å². The molecule has 0 atom stereocenters. The van der Waals surface area contributed by atoms with Crippen LogP contribution in [0, 0.1) is 10.6 Å². The maximum Gasteiger partial charge on any atom is 0.123 e. The molecular formula is C7H11IN2. The van der Waals surface area contributed by atoms with E-state index in [2.05, 4.69) is 54.5 Å². The van der Waals surface area contributed by atoms with Gasteiger partial charge in [-0.15, -0.1) is 0 Å². The average molecular weight is 250 g/mol. The molecule has 2 nitrogen and oxygen atoms in total. The van der Waals surface area contributed by atoms with Gasteiger partial charge in [0.15, 0.2) is 0 Å². The minimum absolute atomic E-state index is 0.475. The van der Waals surface area contributed by atoms with E-state index in [1.807, 2.05) is 4.68 Å². The average Bonchev–Trinajstić information content (AvgIpc) is 2.10. The molecule has 0 spiro atoms. The molecule has 0 amide bonds. The summed E-state index contributed by atoms with van der Waals surface area (Å²) in [4.78, 5) is 0. The van der Waals surface area contributed by atoms with E-state index < -0.39 is 0 Å². The van der Waals surface area contributed by atoms with Crippen molar-refractivity contribution in [2.45, 2.75) is 26.8 Å². The standard InChI is InChI=1S/C7H11IN2/c1-5(2)10-6(3)4-7(8)9-10/h4-5H,1-3H3. The van der Waals surface area contributed by atoms with Crippen LogP contribution in [0.3, 0.4) is 0 Å². The van der Waals surface area contributed by atoms with Crippen LogP contribution in [0.5, 0.6) is 0 Å². The van der Waals surface area contributed by atoms with Gasteiger partial charge in [-0.1, -0.05) is 0 Å². The summed E-state index contributed by atoms with van der Waals surface area (Å²) in [6, 6.07) is 2.56. The van der Waals surface area contributed by atoms with Gasteiger partial charge in [-0.25, -0.2) is 0 Å². The zero-order valence-corrected chi connectivity index (χ0v) is 8.58. The Kier molecular flexibility index (Phi) is 2.33. The van der Waals surface area contributed by atoms with Crippen LogP contribution in [0.25, 0.3) is 0 Å². The summed E-state index contributed by atoms with van der Waals surface area (Å²) in [5, 5.41) is 4.31. The Balaban J connectivity index is 3.03. The summed E-state index contributed by atoms with van der Waals surface area (Å²) in [5.74, 6) is 0. The molecule has 0 unspecified atom stereocenters. The highest BCUT2D eigenvalue weighted by molar-refractivity contribution is 14.1. The van der Waals surface area contributed by atoms with E-state index in [1.165, 1.54) is 5.69 Å². The van der Waals surface area contributed by atoms with Gasteiger partial charge in [-0.3, -0.25) is 4.68 Å². The fourth-order valence-corrected chi connectivity index (χ4v) is 1.66. The second kappa shape index (κ2) is 2.90. The molecule has 0 fully saturated rings. The smallest absolute Gasteiger partial charge is 0.123 e. The molecule has 0 saturated heterocycles. The molecule has 0 N–H and O–H groups in total. The third-order valence-corrected chi connectivity index (χ3v) is 1.91. The first-order valence-corrected chi connectivity index (χ1v) is 4.41. The van der Waals surface area contributed by atoms with Gasteiger partial charge in [0.2, 0.25) is 0 Å². The molecule has 1 aromatic heterocycles. The van der Waals surface area contributed by atoms with E-state index in [1.54, 1.807) is 0 Å². The van der Waals surface area contributed by atoms with Crippen LogP contribution >= 0.6 is 22.6 Å². The zero-order valence-electron chi connectivity index (χ0n) is 6.43. The summed E-state index contributed by atoms with van der Waals surface area (Å²) in [6.07, 6.45) is 0. The van der Waals surface area contributed by atoms with E-state index >= 15 is 0 Å². The lowest BCUT2D eigenvalue weighted by atomic mass is 10.4. The Morgan fingerprint density at radius 1 is 1.60 bits per heavy atom. The molecule has 0 aliphatic heterocycles. The molecule has 0 aliphatic carbocycles. The first-order valence-electron chi connectivity index (χ1n) is 3.33. The van der Waals surface area contributed by atoms with Crippen LogP contribution in [0.2, 0.25) is 0 Å². The minimum atomic E-state index is 0.475. The summed E-state index contributed by atoms with van der Waals surface area (Å²) >= 11 is 2.23. The number of rotatable bonds is 1. The van der Waals surface area contributed by atoms with Crippen LogP contribution in [0.1, 0.15) is 25.6 Å². The highest BCUT2D eigenvalue weighted by atomic mass is 127. The van der Waals surface area contributed by atoms with Crippen molar-refractivity contribution in [3.63, 3.8) is 0 Å². The van der Waals surface area contributed by atoms with Gasteiger partial charge in [0.1, 0.15) is 3.70 Å². The Labute approximate surface area is 74.8 Å². The number of aromatic nitrogens is 2. The second-order valence-corrected chi connectivity index (χ2v) is 3.75. The Morgan fingerprint density at radius 2 is 2.20 bits per heavy atom. The van der Waals surface area contributed by atoms with Crippen LogP contribution in [-0.4, -0.2) is 9.78 Å². The van der Waals surface area contributed by atoms with Gasteiger partial charge in [0, 0.05) is 11.7 Å². The largest absolute Gasteiger partial charge is 0.266 e. The Morgan fingerprint density at radius 3 is 2.40 bits per heavy atom. The third kappa shape index (κ3) is 1.51. The van der Waals surface area contributed by atoms with Crippen molar-refractivity contribution < 1.29 is 0 Å². The number of hydrogen-bond donors (Lipinski definition) is 0. The predicted molar refractivity (Wildman–Crippen MR) is 50.1 cm³/mol. The van der Waals surface area contributed by atoms with Crippen molar-refractivity contribution in [1.29, 1.82) is 0 Å². The van der Waals surface area contributed by atoms with E-state index in [-0.39, 0.29) is 0 Å². The van der Waals surface area contributed by atoms with Gasteiger partial charge < -0.3 is 0 Å². The topological polar surface area (TPSA) is 17.8 Å². The van der Waals surface area contributed by atoms with Crippen molar-refractivity contribution >= 4 is 22.6 Å². The van der Waals surface area contributed by atoms with Crippen molar-refractivity contribution in [3.8, 4) is 0 Å². The Hall–Kier alpha value is -0.0600. The molecule has 56 valence electrons. The van der Waals surface area contributed by atoms with Gasteiger partial charge >= 0.3 is 0 Å². The second-order valence-electron chi connectivity index (χ2n) is 2.65. The SMILES string of the molecule is Cc1cc(I)nn1C(C)C. The van der Waals surface area contributed by atoms with E-state index in [0.29, 0.717) is 6.04 Å². The number of aryl methyl sites for hydroxylation is 1. The third-order valence-electron chi connectivity index (χ3n) is 1.38. The van der Waals surface area contributed by atoms with Crippen LogP contribution in [0.15, 0.2) is 6.07 Å². The van der Waals surface area contributed by atoms with Crippen molar-refractivity contribution in [1.82, 2.24) is 9.78 Å². The van der Waals surface area contributed by atoms with E-state index in [4.69, 9.17) is 0 Å². The number of nitrogens with zero attached hydrogens (tertiary/aromatic N) is 2. The summed E-state index contributed by atoms with van der Waals surface area (Å²) in [5.41, 5.74) is 1.24. The molecular weight excluding hydrogens is 239 g/mol. The van der Waals surface area contributed by atoms with Gasteiger partial charge in [0.05, 0.1) is 0 Å².